The molecule has 0 spiro atoms. The number of hydrogen-bond acceptors (Lipinski definition) is 10. The van der Waals surface area contributed by atoms with Crippen molar-refractivity contribution in [2.75, 3.05) is 46.1 Å². The molecule has 69 heavy (non-hydrogen) atoms. The molecule has 3 aliphatic rings. The topological polar surface area (TPSA) is 143 Å². The maximum absolute atomic E-state index is 16.1. The van der Waals surface area contributed by atoms with E-state index >= 15 is 13.2 Å². The third-order valence-corrected chi connectivity index (χ3v) is 14.0. The molecular formula is C53H66F3N5O7S. The molecule has 1 aromatic heterocycles. The van der Waals surface area contributed by atoms with Crippen LogP contribution in [0.15, 0.2) is 71.7 Å². The molecule has 3 N–H and O–H groups in total. The van der Waals surface area contributed by atoms with Gasteiger partial charge >= 0.3 is 0 Å². The molecule has 16 heteroatoms. The number of alkyl halides is 1. The van der Waals surface area contributed by atoms with Gasteiger partial charge in [0.2, 0.25) is 17.7 Å². The first-order valence-electron chi connectivity index (χ1n) is 23.9. The second-order valence-corrected chi connectivity index (χ2v) is 21.0. The highest BCUT2D eigenvalue weighted by Gasteiger charge is 2.45. The number of hydrogen-bond donors (Lipinski definition) is 3. The zero-order chi connectivity index (χ0) is 49.6. The third-order valence-electron chi connectivity index (χ3n) is 13.0. The molecule has 1 saturated heterocycles. The van der Waals surface area contributed by atoms with Gasteiger partial charge in [0.05, 0.1) is 48.0 Å². The van der Waals surface area contributed by atoms with E-state index in [4.69, 9.17) is 14.2 Å². The van der Waals surface area contributed by atoms with Crippen molar-refractivity contribution in [2.45, 2.75) is 123 Å². The number of aromatic nitrogens is 1. The van der Waals surface area contributed by atoms with Crippen molar-refractivity contribution < 1.29 is 46.9 Å². The molecule has 0 radical (unpaired) electrons. The Kier molecular flexibility index (Phi) is 16.7. The Bertz CT molecular complexity index is 2460. The predicted molar refractivity (Wildman–Crippen MR) is 260 cm³/mol. The van der Waals surface area contributed by atoms with Gasteiger partial charge in [-0.25, -0.2) is 18.2 Å². The van der Waals surface area contributed by atoms with Crippen LogP contribution in [0, 0.1) is 24.0 Å². The van der Waals surface area contributed by atoms with E-state index in [9.17, 15) is 19.5 Å². The van der Waals surface area contributed by atoms with Crippen LogP contribution in [0.1, 0.15) is 101 Å². The Morgan fingerprint density at radius 2 is 1.65 bits per heavy atom. The fourth-order valence-electron chi connectivity index (χ4n) is 9.61. The van der Waals surface area contributed by atoms with Crippen LogP contribution in [0.25, 0.3) is 16.0 Å². The van der Waals surface area contributed by atoms with Gasteiger partial charge in [-0.2, -0.15) is 0 Å². The van der Waals surface area contributed by atoms with Gasteiger partial charge in [-0.1, -0.05) is 69.3 Å². The molecule has 4 aromatic rings. The Morgan fingerprint density at radius 1 is 0.957 bits per heavy atom. The lowest BCUT2D eigenvalue weighted by Crippen LogP contribution is -2.58. The molecule has 372 valence electrons. The summed E-state index contributed by atoms with van der Waals surface area (Å²) in [6, 6.07) is 15.5. The fraction of sp³-hybridized carbons (Fsp3) is 0.509. The number of aliphatic hydroxyl groups excluding tert-OH is 1. The number of carbonyl (C=O) groups is 3. The number of ether oxygens (including phenoxy) is 3. The van der Waals surface area contributed by atoms with Gasteiger partial charge in [-0.3, -0.25) is 19.3 Å². The normalized spacial score (nSPS) is 19.9. The van der Waals surface area contributed by atoms with Crippen molar-refractivity contribution in [3.8, 4) is 16.2 Å². The summed E-state index contributed by atoms with van der Waals surface area (Å²) >= 11 is 1.56. The van der Waals surface area contributed by atoms with Crippen molar-refractivity contribution in [2.24, 2.45) is 5.41 Å². The van der Waals surface area contributed by atoms with Crippen molar-refractivity contribution in [3.63, 3.8) is 0 Å². The molecule has 0 bridgehead atoms. The van der Waals surface area contributed by atoms with Crippen molar-refractivity contribution >= 4 is 34.6 Å². The van der Waals surface area contributed by atoms with Crippen LogP contribution >= 0.6 is 11.3 Å². The summed E-state index contributed by atoms with van der Waals surface area (Å²) in [5.41, 5.74) is 6.48. The molecule has 5 atom stereocenters. The largest absolute Gasteiger partial charge is 0.493 e. The van der Waals surface area contributed by atoms with Crippen LogP contribution in [0.4, 0.5) is 13.2 Å². The molecule has 7 rings (SSSR count). The molecule has 0 unspecified atom stereocenters. The van der Waals surface area contributed by atoms with Gasteiger partial charge in [0.15, 0.2) is 0 Å². The zero-order valence-corrected chi connectivity index (χ0v) is 41.5. The number of halogens is 3. The number of unbranched alkanes of at least 4 members (excludes halogenated alkanes) is 1. The highest BCUT2D eigenvalue weighted by Crippen LogP contribution is 2.50. The van der Waals surface area contributed by atoms with E-state index in [1.165, 1.54) is 30.9 Å². The number of nitrogens with zero attached hydrogens (tertiary/aromatic N) is 3. The van der Waals surface area contributed by atoms with E-state index in [0.717, 1.165) is 44.0 Å². The molecule has 2 aliphatic heterocycles. The molecule has 3 heterocycles. The molecule has 1 fully saturated rings. The monoisotopic (exact) mass is 973 g/mol. The maximum Gasteiger partial charge on any atom is 0.246 e. The van der Waals surface area contributed by atoms with Gasteiger partial charge in [0.1, 0.15) is 41.7 Å². The minimum absolute atomic E-state index is 0.0241. The van der Waals surface area contributed by atoms with Crippen LogP contribution < -0.4 is 15.4 Å². The van der Waals surface area contributed by atoms with E-state index in [2.05, 4.69) is 15.6 Å². The van der Waals surface area contributed by atoms with Crippen LogP contribution in [0.2, 0.25) is 0 Å². The summed E-state index contributed by atoms with van der Waals surface area (Å²) in [6.45, 7) is 13.1. The standard InChI is InChI=1S/C53H66F3N5O7S/c1-32-22-40-39-13-9-8-12-36(39)23-41(40)47(61(32)30-53(6,7)56)46-42(54)25-38(26-43(46)55)68-19-11-10-18-66-20-21-67-29-45(63)59-49(52(3,4)5)51(65)60-28-37(62)24-44(60)50(64)57-27-34-14-16-35(17-15-34)48-33(2)58-31-69-48/h8-9,12-17,25-26,31-32,37,44,47,49,62H,10-11,18-24,27-30H2,1-7H3,(H,57,64)(H,59,63)/t32-,37-,44+,47+,49-/m1/s1. The maximum atomic E-state index is 16.1. The van der Waals surface area contributed by atoms with Crippen LogP contribution in [0.3, 0.4) is 0 Å². The second kappa shape index (κ2) is 22.3. The average Bonchev–Trinajstić information content (AvgIpc) is 4.01. The molecule has 12 nitrogen and oxygen atoms in total. The van der Waals surface area contributed by atoms with Gasteiger partial charge in [-0.05, 0) is 92.2 Å². The zero-order valence-electron chi connectivity index (χ0n) is 40.7. The summed E-state index contributed by atoms with van der Waals surface area (Å²) in [5.74, 6) is -2.77. The number of benzene rings is 3. The molecule has 1 aliphatic carbocycles. The first-order valence-corrected chi connectivity index (χ1v) is 24.7. The first-order chi connectivity index (χ1) is 32.8. The number of nitrogens with one attached hydrogen (secondary N) is 2. The van der Waals surface area contributed by atoms with E-state index in [0.29, 0.717) is 32.3 Å². The van der Waals surface area contributed by atoms with E-state index in [1.54, 1.807) is 16.8 Å². The number of β-amino-alcohol motifs (C(OH)–C–C–N with tert-alkyl or cyclic N) is 1. The summed E-state index contributed by atoms with van der Waals surface area (Å²) in [5, 5.41) is 16.3. The summed E-state index contributed by atoms with van der Waals surface area (Å²) in [7, 11) is 0. The van der Waals surface area contributed by atoms with Crippen molar-refractivity contribution in [1.29, 1.82) is 0 Å². The number of thiazole rings is 1. The van der Waals surface area contributed by atoms with Crippen LogP contribution in [-0.4, -0.2) is 114 Å². The lowest BCUT2D eigenvalue weighted by atomic mass is 9.84. The SMILES string of the molecule is Cc1ncsc1-c1ccc(CNC(=O)[C@@H]2C[C@@H](O)CN2C(=O)[C@@H](NC(=O)COCCOCCCCOc2cc(F)c([C@@H]3C4=C(C[C@@H](C)N3CC(C)(C)F)c3ccccc3C4)c(F)c2)C(C)(C)C)cc1. The number of carbonyl (C=O) groups excluding carboxylic acids is 3. The predicted octanol–water partition coefficient (Wildman–Crippen LogP) is 8.29. The number of aryl methyl sites for hydroxylation is 1. The summed E-state index contributed by atoms with van der Waals surface area (Å²) in [4.78, 5) is 49.1. The van der Waals surface area contributed by atoms with Crippen molar-refractivity contribution in [1.82, 2.24) is 25.4 Å². The Balaban J connectivity index is 0.822. The van der Waals surface area contributed by atoms with Crippen LogP contribution in [-0.2, 0) is 36.8 Å². The van der Waals surface area contributed by atoms with E-state index in [-0.39, 0.29) is 69.8 Å². The molecule has 3 amide bonds. The van der Waals surface area contributed by atoms with Gasteiger partial charge in [-0.15, -0.1) is 11.3 Å². The minimum Gasteiger partial charge on any atom is -0.493 e. The number of aliphatic hydroxyl groups is 1. The number of likely N-dealkylation sites (tertiary alicyclic amines) is 1. The smallest absolute Gasteiger partial charge is 0.246 e. The summed E-state index contributed by atoms with van der Waals surface area (Å²) < 4.78 is 64.3. The quantitative estimate of drug-likeness (QED) is 0.0747. The molecule has 3 aromatic carbocycles. The van der Waals surface area contributed by atoms with E-state index in [1.807, 2.05) is 88.0 Å². The van der Waals surface area contributed by atoms with Gasteiger partial charge in [0, 0.05) is 56.4 Å². The number of fused-ring (bicyclic) bond motifs is 2. The minimum atomic E-state index is -1.58. The number of rotatable bonds is 20. The lowest BCUT2D eigenvalue weighted by Gasteiger charge is -2.44. The third kappa shape index (κ3) is 12.8. The Labute approximate surface area is 407 Å². The molecule has 0 saturated carbocycles. The lowest BCUT2D eigenvalue weighted by molar-refractivity contribution is -0.144. The highest BCUT2D eigenvalue weighted by atomic mass is 32.1. The van der Waals surface area contributed by atoms with Crippen LogP contribution in [0.5, 0.6) is 5.75 Å². The Hall–Kier alpha value is -5.13. The highest BCUT2D eigenvalue weighted by molar-refractivity contribution is 7.13. The number of amides is 3. The van der Waals surface area contributed by atoms with E-state index < -0.39 is 64.7 Å². The van der Waals surface area contributed by atoms with Crippen molar-refractivity contribution in [3.05, 3.63) is 111 Å². The van der Waals surface area contributed by atoms with Gasteiger partial charge < -0.3 is 34.9 Å². The first kappa shape index (κ1) is 51.7. The Morgan fingerprint density at radius 3 is 2.33 bits per heavy atom. The van der Waals surface area contributed by atoms with Gasteiger partial charge in [0.25, 0.3) is 0 Å². The fourth-order valence-corrected chi connectivity index (χ4v) is 10.4. The average molecular weight is 974 g/mol. The second-order valence-electron chi connectivity index (χ2n) is 20.1. The molecular weight excluding hydrogens is 908 g/mol. The summed E-state index contributed by atoms with van der Waals surface area (Å²) in [6.07, 6.45) is 1.54.